The number of amidine groups is 1. The molecule has 0 spiro atoms. The molecule has 5 rings (SSSR count). The maximum atomic E-state index is 13.7. The number of halogens is 4. The minimum Gasteiger partial charge on any atom is -0.366 e. The molecule has 0 bridgehead atoms. The lowest BCUT2D eigenvalue weighted by Crippen LogP contribution is -2.59. The zero-order valence-corrected chi connectivity index (χ0v) is 23.5. The second-order valence-corrected chi connectivity index (χ2v) is 12.5. The predicted molar refractivity (Wildman–Crippen MR) is 147 cm³/mol. The fraction of sp³-hybridized carbons (Fsp3) is 0.600. The molecular weight excluding hydrogens is 522 g/mol. The van der Waals surface area contributed by atoms with Crippen molar-refractivity contribution < 1.29 is 22.4 Å². The summed E-state index contributed by atoms with van der Waals surface area (Å²) in [4.78, 5) is 19.8. The molecule has 4 unspecified atom stereocenters. The number of alkyl halides is 3. The van der Waals surface area contributed by atoms with Crippen molar-refractivity contribution in [2.75, 3.05) is 20.6 Å². The van der Waals surface area contributed by atoms with Crippen LogP contribution < -0.4 is 16.0 Å². The Morgan fingerprint density at radius 1 is 1.12 bits per heavy atom. The summed E-state index contributed by atoms with van der Waals surface area (Å²) in [6.45, 7) is 4.78. The molecule has 3 N–H and O–H groups in total. The number of rotatable bonds is 6. The standard InChI is InChI=1S/C30H39F4N5O/c1-28-12-6-5-7-24(28)37-29(2,38-27(28)39(3)4)25-23(36-25)13-18-8-10-19(11-9-18)17-35-26(40)20-14-21(30(32,33)34)16-22(31)15-20/h5-7,14-16,18-19,23,25,36-37H,8-13,17H2,1-4H3,(H,35,40). The van der Waals surface area contributed by atoms with Gasteiger partial charge in [-0.15, -0.1) is 0 Å². The molecule has 1 amide bonds. The summed E-state index contributed by atoms with van der Waals surface area (Å²) in [5.41, 5.74) is -0.834. The van der Waals surface area contributed by atoms with Crippen LogP contribution in [0.1, 0.15) is 68.3 Å². The molecule has 4 atom stereocenters. The van der Waals surface area contributed by atoms with Crippen LogP contribution in [0.4, 0.5) is 17.6 Å². The summed E-state index contributed by atoms with van der Waals surface area (Å²) in [5.74, 6) is 0.163. The highest BCUT2D eigenvalue weighted by molar-refractivity contribution is 5.94. The molecule has 40 heavy (non-hydrogen) atoms. The van der Waals surface area contributed by atoms with Gasteiger partial charge in [-0.2, -0.15) is 13.2 Å². The van der Waals surface area contributed by atoms with Crippen LogP contribution in [0.2, 0.25) is 0 Å². The van der Waals surface area contributed by atoms with Crippen LogP contribution in [0.15, 0.2) is 47.1 Å². The van der Waals surface area contributed by atoms with E-state index in [1.54, 1.807) is 0 Å². The van der Waals surface area contributed by atoms with Crippen molar-refractivity contribution in [3.05, 3.63) is 59.1 Å². The first-order valence-electron chi connectivity index (χ1n) is 14.1. The first-order chi connectivity index (χ1) is 18.8. The number of benzene rings is 1. The summed E-state index contributed by atoms with van der Waals surface area (Å²) in [6.07, 6.45) is 7.70. The third-order valence-electron chi connectivity index (χ3n) is 9.05. The van der Waals surface area contributed by atoms with Crippen LogP contribution >= 0.6 is 0 Å². The largest absolute Gasteiger partial charge is 0.416 e. The molecule has 0 aromatic heterocycles. The lowest BCUT2D eigenvalue weighted by molar-refractivity contribution is -0.137. The lowest BCUT2D eigenvalue weighted by atomic mass is 9.75. The van der Waals surface area contributed by atoms with E-state index in [-0.39, 0.29) is 22.9 Å². The highest BCUT2D eigenvalue weighted by Crippen LogP contribution is 2.44. The third kappa shape index (κ3) is 5.78. The van der Waals surface area contributed by atoms with Gasteiger partial charge in [0.15, 0.2) is 0 Å². The highest BCUT2D eigenvalue weighted by atomic mass is 19.4. The number of hydrogen-bond donors (Lipinski definition) is 3. The van der Waals surface area contributed by atoms with Crippen LogP contribution in [-0.4, -0.2) is 55.0 Å². The number of allylic oxidation sites excluding steroid dienone is 3. The van der Waals surface area contributed by atoms with Gasteiger partial charge in [0.2, 0.25) is 0 Å². The van der Waals surface area contributed by atoms with Gasteiger partial charge in [0.1, 0.15) is 17.3 Å². The second kappa shape index (κ2) is 10.5. The number of aliphatic imine (C=N–C) groups is 1. The topological polar surface area (TPSA) is 78.7 Å². The van der Waals surface area contributed by atoms with Crippen molar-refractivity contribution in [2.24, 2.45) is 22.2 Å². The molecule has 2 fully saturated rings. The van der Waals surface area contributed by atoms with Crippen LogP contribution in [0.25, 0.3) is 0 Å². The Balaban J connectivity index is 1.12. The Morgan fingerprint density at radius 2 is 1.82 bits per heavy atom. The number of hydrogen-bond acceptors (Lipinski definition) is 5. The van der Waals surface area contributed by atoms with Crippen molar-refractivity contribution in [3.8, 4) is 0 Å². The van der Waals surface area contributed by atoms with Gasteiger partial charge >= 0.3 is 6.18 Å². The summed E-state index contributed by atoms with van der Waals surface area (Å²) in [6, 6.07) is 2.56. The zero-order valence-electron chi connectivity index (χ0n) is 23.5. The van der Waals surface area contributed by atoms with Crippen LogP contribution in [0, 0.1) is 23.1 Å². The number of nitrogens with zero attached hydrogens (tertiary/aromatic N) is 2. The smallest absolute Gasteiger partial charge is 0.366 e. The first kappa shape index (κ1) is 28.6. The summed E-state index contributed by atoms with van der Waals surface area (Å²) < 4.78 is 52.6. The van der Waals surface area contributed by atoms with E-state index in [2.05, 4.69) is 67.0 Å². The van der Waals surface area contributed by atoms with E-state index in [0.717, 1.165) is 50.4 Å². The van der Waals surface area contributed by atoms with E-state index in [1.807, 2.05) is 0 Å². The van der Waals surface area contributed by atoms with E-state index in [0.29, 0.717) is 30.6 Å². The molecule has 218 valence electrons. The monoisotopic (exact) mass is 561 g/mol. The summed E-state index contributed by atoms with van der Waals surface area (Å²) in [5, 5.41) is 10.2. The van der Waals surface area contributed by atoms with E-state index < -0.39 is 29.1 Å². The average molecular weight is 562 g/mol. The maximum absolute atomic E-state index is 13.7. The van der Waals surface area contributed by atoms with Crippen molar-refractivity contribution >= 4 is 11.7 Å². The summed E-state index contributed by atoms with van der Waals surface area (Å²) >= 11 is 0. The van der Waals surface area contributed by atoms with E-state index in [1.165, 1.54) is 5.70 Å². The lowest BCUT2D eigenvalue weighted by Gasteiger charge is -2.47. The van der Waals surface area contributed by atoms with Crippen LogP contribution in [0.3, 0.4) is 0 Å². The molecule has 10 heteroatoms. The zero-order chi connectivity index (χ0) is 28.9. The summed E-state index contributed by atoms with van der Waals surface area (Å²) in [7, 11) is 4.12. The molecule has 1 aromatic rings. The SMILES string of the molecule is CN(C)C1=NC(C)(C2NC2CC2CCC(CNC(=O)c3cc(F)cc(C(F)(F)F)c3)CC2)NC2=CC=CCC21C. The van der Waals surface area contributed by atoms with E-state index >= 15 is 0 Å². The van der Waals surface area contributed by atoms with E-state index in [4.69, 9.17) is 4.99 Å². The number of fused-ring (bicyclic) bond motifs is 1. The number of carbonyl (C=O) groups is 1. The average Bonchev–Trinajstić information content (AvgIpc) is 3.67. The molecule has 2 aliphatic carbocycles. The fourth-order valence-electron chi connectivity index (χ4n) is 6.73. The Labute approximate surface area is 233 Å². The molecule has 1 saturated heterocycles. The van der Waals surface area contributed by atoms with Crippen molar-refractivity contribution in [1.29, 1.82) is 0 Å². The molecule has 2 aliphatic heterocycles. The quantitative estimate of drug-likeness (QED) is 0.328. The Kier molecular flexibility index (Phi) is 7.52. The third-order valence-corrected chi connectivity index (χ3v) is 9.05. The van der Waals surface area contributed by atoms with Crippen molar-refractivity contribution in [1.82, 2.24) is 20.9 Å². The van der Waals surface area contributed by atoms with Gasteiger partial charge in [0.05, 0.1) is 17.0 Å². The number of nitrogens with one attached hydrogen (secondary N) is 3. The number of carbonyl (C=O) groups excluding carboxylic acids is 1. The van der Waals surface area contributed by atoms with Crippen LogP contribution in [0.5, 0.6) is 0 Å². The fourth-order valence-corrected chi connectivity index (χ4v) is 6.73. The van der Waals surface area contributed by atoms with Crippen molar-refractivity contribution in [3.63, 3.8) is 0 Å². The molecule has 0 radical (unpaired) electrons. The molecular formula is C30H39F4N5O. The molecule has 1 saturated carbocycles. The van der Waals surface area contributed by atoms with Crippen LogP contribution in [-0.2, 0) is 6.18 Å². The van der Waals surface area contributed by atoms with Gasteiger partial charge in [-0.05, 0) is 75.6 Å². The minimum absolute atomic E-state index is 0.148. The number of amides is 1. The molecule has 1 aromatic carbocycles. The minimum atomic E-state index is -4.71. The highest BCUT2D eigenvalue weighted by Gasteiger charge is 2.55. The molecule has 2 heterocycles. The first-order valence-corrected chi connectivity index (χ1v) is 14.1. The van der Waals surface area contributed by atoms with Gasteiger partial charge < -0.3 is 20.9 Å². The molecule has 4 aliphatic rings. The Hall–Kier alpha value is -2.88. The van der Waals surface area contributed by atoms with Gasteiger partial charge in [-0.3, -0.25) is 4.79 Å². The van der Waals surface area contributed by atoms with Crippen molar-refractivity contribution in [2.45, 2.75) is 76.3 Å². The van der Waals surface area contributed by atoms with Gasteiger partial charge in [-0.1, -0.05) is 25.0 Å². The Morgan fingerprint density at radius 3 is 2.50 bits per heavy atom. The molecule has 6 nitrogen and oxygen atoms in total. The predicted octanol–water partition coefficient (Wildman–Crippen LogP) is 5.24. The maximum Gasteiger partial charge on any atom is 0.416 e. The second-order valence-electron chi connectivity index (χ2n) is 12.5. The van der Waals surface area contributed by atoms with Gasteiger partial charge in [0, 0.05) is 37.9 Å². The van der Waals surface area contributed by atoms with Gasteiger partial charge in [-0.25, -0.2) is 9.38 Å². The normalized spacial score (nSPS) is 33.3. The Bertz CT molecular complexity index is 1230. The van der Waals surface area contributed by atoms with Gasteiger partial charge in [0.25, 0.3) is 5.91 Å². The van der Waals surface area contributed by atoms with E-state index in [9.17, 15) is 22.4 Å².